The van der Waals surface area contributed by atoms with Gasteiger partial charge in [-0.1, -0.05) is 18.5 Å². The van der Waals surface area contributed by atoms with Crippen molar-refractivity contribution in [3.05, 3.63) is 16.4 Å². The lowest BCUT2D eigenvalue weighted by molar-refractivity contribution is -0.0366. The Balaban J connectivity index is 1.81. The molecule has 0 bridgehead atoms. The molecule has 2 fully saturated rings. The van der Waals surface area contributed by atoms with Crippen molar-refractivity contribution in [1.29, 1.82) is 0 Å². The van der Waals surface area contributed by atoms with Crippen LogP contribution in [0.3, 0.4) is 0 Å². The van der Waals surface area contributed by atoms with Gasteiger partial charge in [-0.05, 0) is 45.6 Å². The summed E-state index contributed by atoms with van der Waals surface area (Å²) in [6.45, 7) is 7.17. The third kappa shape index (κ3) is 2.86. The van der Waals surface area contributed by atoms with E-state index in [2.05, 4.69) is 23.8 Å². The van der Waals surface area contributed by atoms with E-state index in [1.165, 1.54) is 19.4 Å². The topological polar surface area (TPSA) is 41.3 Å². The van der Waals surface area contributed by atoms with Crippen molar-refractivity contribution >= 4 is 11.6 Å². The fraction of sp³-hybridized carbons (Fsp3) is 0.812. The van der Waals surface area contributed by atoms with E-state index in [-0.39, 0.29) is 0 Å². The standard InChI is InChI=1S/C16H26ClN3O/c1-3-13-15(17)14(20(4-2)18-13)11-16(21)7-9-19-8-5-6-12(19)10-16/h12,21H,3-11H2,1-2H3. The molecule has 2 unspecified atom stereocenters. The quantitative estimate of drug-likeness (QED) is 0.929. The van der Waals surface area contributed by atoms with Crippen LogP contribution in [-0.4, -0.2) is 44.5 Å². The Kier molecular flexibility index (Phi) is 4.30. The van der Waals surface area contributed by atoms with E-state index in [9.17, 15) is 5.11 Å². The van der Waals surface area contributed by atoms with Crippen molar-refractivity contribution in [2.75, 3.05) is 13.1 Å². The number of piperidine rings is 1. The minimum Gasteiger partial charge on any atom is -0.389 e. The molecule has 2 atom stereocenters. The van der Waals surface area contributed by atoms with E-state index in [0.29, 0.717) is 12.5 Å². The van der Waals surface area contributed by atoms with Crippen LogP contribution in [0.1, 0.15) is 50.9 Å². The molecule has 3 heterocycles. The number of fused-ring (bicyclic) bond motifs is 1. The van der Waals surface area contributed by atoms with Crippen LogP contribution in [0.4, 0.5) is 0 Å². The molecule has 1 aromatic rings. The number of aryl methyl sites for hydroxylation is 2. The second-order valence-electron chi connectivity index (χ2n) is 6.56. The molecule has 0 aliphatic carbocycles. The summed E-state index contributed by atoms with van der Waals surface area (Å²) in [6, 6.07) is 0.561. The minimum atomic E-state index is -0.618. The average molecular weight is 312 g/mol. The number of hydrogen-bond donors (Lipinski definition) is 1. The number of aliphatic hydroxyl groups is 1. The molecule has 2 saturated heterocycles. The maximum Gasteiger partial charge on any atom is 0.0850 e. The van der Waals surface area contributed by atoms with Gasteiger partial charge >= 0.3 is 0 Å². The molecule has 0 spiro atoms. The lowest BCUT2D eigenvalue weighted by atomic mass is 9.83. The highest BCUT2D eigenvalue weighted by atomic mass is 35.5. The van der Waals surface area contributed by atoms with Gasteiger partial charge in [0.25, 0.3) is 0 Å². The van der Waals surface area contributed by atoms with E-state index in [1.54, 1.807) is 0 Å². The molecular weight excluding hydrogens is 286 g/mol. The number of hydrogen-bond acceptors (Lipinski definition) is 3. The first-order valence-electron chi connectivity index (χ1n) is 8.27. The van der Waals surface area contributed by atoms with Gasteiger partial charge in [-0.25, -0.2) is 0 Å². The van der Waals surface area contributed by atoms with Crippen LogP contribution in [0.15, 0.2) is 0 Å². The maximum atomic E-state index is 11.1. The highest BCUT2D eigenvalue weighted by Crippen LogP contribution is 2.36. The Labute approximate surface area is 132 Å². The number of halogens is 1. The average Bonchev–Trinajstić information content (AvgIpc) is 3.04. The van der Waals surface area contributed by atoms with E-state index in [4.69, 9.17) is 11.6 Å². The summed E-state index contributed by atoms with van der Waals surface area (Å²) in [4.78, 5) is 2.53. The summed E-state index contributed by atoms with van der Waals surface area (Å²) in [5.41, 5.74) is 1.35. The van der Waals surface area contributed by atoms with Gasteiger partial charge < -0.3 is 10.0 Å². The normalized spacial score (nSPS) is 29.8. The van der Waals surface area contributed by atoms with Gasteiger partial charge in [-0.3, -0.25) is 4.68 Å². The van der Waals surface area contributed by atoms with E-state index >= 15 is 0 Å². The van der Waals surface area contributed by atoms with Crippen LogP contribution in [0.25, 0.3) is 0 Å². The summed E-state index contributed by atoms with van der Waals surface area (Å²) in [6.07, 6.45) is 5.69. The van der Waals surface area contributed by atoms with Gasteiger partial charge in [0.1, 0.15) is 0 Å². The zero-order valence-corrected chi connectivity index (χ0v) is 13.9. The Morgan fingerprint density at radius 2 is 2.19 bits per heavy atom. The third-order valence-electron chi connectivity index (χ3n) is 5.17. The van der Waals surface area contributed by atoms with Gasteiger partial charge in [0.05, 0.1) is 22.0 Å². The molecule has 2 aliphatic heterocycles. The van der Waals surface area contributed by atoms with Gasteiger partial charge in [-0.2, -0.15) is 5.10 Å². The summed E-state index contributed by atoms with van der Waals surface area (Å²) in [5.74, 6) is 0. The summed E-state index contributed by atoms with van der Waals surface area (Å²) in [7, 11) is 0. The molecule has 21 heavy (non-hydrogen) atoms. The van der Waals surface area contributed by atoms with Crippen molar-refractivity contribution in [1.82, 2.24) is 14.7 Å². The van der Waals surface area contributed by atoms with Crippen LogP contribution in [0, 0.1) is 0 Å². The van der Waals surface area contributed by atoms with Gasteiger partial charge in [-0.15, -0.1) is 0 Å². The van der Waals surface area contributed by atoms with Gasteiger partial charge in [0, 0.05) is 25.6 Å². The van der Waals surface area contributed by atoms with Crippen molar-refractivity contribution in [3.63, 3.8) is 0 Å². The van der Waals surface area contributed by atoms with Gasteiger partial charge in [0.2, 0.25) is 0 Å². The molecule has 2 aliphatic rings. The number of aromatic nitrogens is 2. The van der Waals surface area contributed by atoms with Crippen LogP contribution in [0.5, 0.6) is 0 Å². The summed E-state index contributed by atoms with van der Waals surface area (Å²) >= 11 is 6.50. The zero-order valence-electron chi connectivity index (χ0n) is 13.1. The summed E-state index contributed by atoms with van der Waals surface area (Å²) in [5, 5.41) is 16.4. The number of rotatable bonds is 4. The summed E-state index contributed by atoms with van der Waals surface area (Å²) < 4.78 is 1.97. The Morgan fingerprint density at radius 3 is 2.90 bits per heavy atom. The van der Waals surface area contributed by atoms with Crippen LogP contribution >= 0.6 is 11.6 Å². The molecule has 0 radical (unpaired) electrons. The first-order valence-corrected chi connectivity index (χ1v) is 8.64. The van der Waals surface area contributed by atoms with E-state index < -0.39 is 5.60 Å². The minimum absolute atomic E-state index is 0.561. The number of nitrogens with zero attached hydrogens (tertiary/aromatic N) is 3. The molecule has 3 rings (SSSR count). The van der Waals surface area contributed by atoms with Crippen molar-refractivity contribution in [2.45, 2.75) is 70.6 Å². The first-order chi connectivity index (χ1) is 10.1. The largest absolute Gasteiger partial charge is 0.389 e. The predicted octanol–water partition coefficient (Wildman–Crippen LogP) is 2.65. The molecule has 4 nitrogen and oxygen atoms in total. The lowest BCUT2D eigenvalue weighted by Crippen LogP contribution is -2.49. The third-order valence-corrected chi connectivity index (χ3v) is 5.61. The molecule has 0 amide bonds. The molecule has 1 aromatic heterocycles. The second kappa shape index (κ2) is 5.90. The zero-order chi connectivity index (χ0) is 15.0. The van der Waals surface area contributed by atoms with Gasteiger partial charge in [0.15, 0.2) is 0 Å². The maximum absolute atomic E-state index is 11.1. The van der Waals surface area contributed by atoms with E-state index in [1.807, 2.05) is 4.68 Å². The van der Waals surface area contributed by atoms with Crippen molar-refractivity contribution in [3.8, 4) is 0 Å². The smallest absolute Gasteiger partial charge is 0.0850 e. The molecular formula is C16H26ClN3O. The highest BCUT2D eigenvalue weighted by Gasteiger charge is 2.41. The molecule has 0 saturated carbocycles. The fourth-order valence-electron chi connectivity index (χ4n) is 3.97. The highest BCUT2D eigenvalue weighted by molar-refractivity contribution is 6.31. The van der Waals surface area contributed by atoms with Crippen molar-refractivity contribution < 1.29 is 5.11 Å². The first kappa shape index (κ1) is 15.3. The van der Waals surface area contributed by atoms with Crippen molar-refractivity contribution in [2.24, 2.45) is 0 Å². The molecule has 0 aromatic carbocycles. The predicted molar refractivity (Wildman–Crippen MR) is 84.8 cm³/mol. The lowest BCUT2D eigenvalue weighted by Gasteiger charge is -2.41. The molecule has 118 valence electrons. The second-order valence-corrected chi connectivity index (χ2v) is 6.94. The van der Waals surface area contributed by atoms with Crippen LogP contribution in [0.2, 0.25) is 5.02 Å². The van der Waals surface area contributed by atoms with E-state index in [0.717, 1.165) is 48.8 Å². The van der Waals surface area contributed by atoms with Crippen LogP contribution in [-0.2, 0) is 19.4 Å². The Hall–Kier alpha value is -0.580. The Bertz CT molecular complexity index is 516. The molecule has 1 N–H and O–H groups in total. The Morgan fingerprint density at radius 1 is 1.38 bits per heavy atom. The van der Waals surface area contributed by atoms with Crippen LogP contribution < -0.4 is 0 Å². The fourth-order valence-corrected chi connectivity index (χ4v) is 4.31. The monoisotopic (exact) mass is 311 g/mol. The molecule has 5 heteroatoms. The SMILES string of the molecule is CCc1nn(CC)c(CC2(O)CCN3CCCC3C2)c1Cl.